The number of ether oxygens (including phenoxy) is 5. The summed E-state index contributed by atoms with van der Waals surface area (Å²) >= 11 is 0. The number of esters is 5. The first-order chi connectivity index (χ1) is 60.9. The lowest BCUT2D eigenvalue weighted by molar-refractivity contribution is -0.150. The van der Waals surface area contributed by atoms with E-state index in [-0.39, 0.29) is 59.4 Å². The molecule has 5 atom stereocenters. The van der Waals surface area contributed by atoms with Crippen LogP contribution in [0, 0.1) is 29.6 Å². The molecule has 15 nitrogen and oxygen atoms in total. The van der Waals surface area contributed by atoms with Crippen LogP contribution in [0.1, 0.15) is 512 Å². The number of rotatable bonds is 98. The molecule has 1 fully saturated rings. The lowest BCUT2D eigenvalue weighted by Crippen LogP contribution is -2.50. The zero-order valence-electron chi connectivity index (χ0n) is 84.6. The van der Waals surface area contributed by atoms with Crippen molar-refractivity contribution in [1.29, 1.82) is 0 Å². The second kappa shape index (κ2) is 92.0. The van der Waals surface area contributed by atoms with Gasteiger partial charge in [-0.15, -0.1) is 0 Å². The van der Waals surface area contributed by atoms with Crippen LogP contribution >= 0.6 is 0 Å². The quantitative estimate of drug-likeness (QED) is 0.0323. The molecule has 0 radical (unpaired) electrons. The van der Waals surface area contributed by atoms with Gasteiger partial charge in [-0.25, -0.2) is 0 Å². The number of hydrogen-bond donors (Lipinski definition) is 0. The number of carbonyl (C=O) groups excluding carboxylic acids is 5. The minimum atomic E-state index is 0.00523. The van der Waals surface area contributed by atoms with E-state index in [1.165, 1.54) is 250 Å². The van der Waals surface area contributed by atoms with Crippen LogP contribution in [-0.2, 0) is 47.7 Å². The van der Waals surface area contributed by atoms with Crippen LogP contribution in [0.25, 0.3) is 0 Å². The van der Waals surface area contributed by atoms with Crippen molar-refractivity contribution in [2.45, 2.75) is 512 Å². The van der Waals surface area contributed by atoms with Crippen LogP contribution in [0.2, 0.25) is 0 Å². The molecule has 0 aromatic rings. The maximum Gasteiger partial charge on any atom is 0.308 e. The van der Waals surface area contributed by atoms with Crippen molar-refractivity contribution in [2.24, 2.45) is 29.6 Å². The molecular formula is C109H213N5O10. The van der Waals surface area contributed by atoms with Crippen molar-refractivity contribution in [3.8, 4) is 0 Å². The van der Waals surface area contributed by atoms with E-state index < -0.39 is 0 Å². The summed E-state index contributed by atoms with van der Waals surface area (Å²) in [6.45, 7) is 39.8. The van der Waals surface area contributed by atoms with Gasteiger partial charge in [0.05, 0.1) is 62.6 Å². The van der Waals surface area contributed by atoms with E-state index in [1.807, 2.05) is 0 Å². The maximum atomic E-state index is 13.9. The van der Waals surface area contributed by atoms with Gasteiger partial charge < -0.3 is 38.4 Å². The predicted molar refractivity (Wildman–Crippen MR) is 530 cm³/mol. The summed E-state index contributed by atoms with van der Waals surface area (Å²) in [5.41, 5.74) is 0. The summed E-state index contributed by atoms with van der Waals surface area (Å²) in [6.07, 6.45) is 77.9. The first-order valence-corrected chi connectivity index (χ1v) is 55.3. The van der Waals surface area contributed by atoms with E-state index in [0.717, 1.165) is 291 Å². The standard InChI is InChI=1S/C109H213N5O10/c1-11-21-31-41-46-56-76-101(71-51-37-27-17-7)106(116)121-95-65-60-80-110(81-61-66-96-122-107(117)102(72-52-38-28-18-8)77-57-47-42-32-22-12-2)85-87-112(84-64-69-99-124-109(119)104(74-54-40-30-20-10)79-59-49-44-34-24-14-4)88-90-114-93-91-113(92-94-114)89-86-111(82-62-67-97-120-105(115)100(70-50-36-26-16-6)75-55-45-35-25-15-5)83-63-68-98-123-108(118)103(73-53-39-29-19-9)78-58-48-43-33-23-13-3/h100-104H,11-99H2,1-10H3. The largest absolute Gasteiger partial charge is 0.465 e. The molecule has 1 rings (SSSR count). The Labute approximate surface area is 770 Å². The number of piperazine rings is 1. The molecule has 1 saturated heterocycles. The minimum Gasteiger partial charge on any atom is -0.465 e. The monoisotopic (exact) mass is 1750 g/mol. The van der Waals surface area contributed by atoms with Crippen LogP contribution in [0.15, 0.2) is 0 Å². The summed E-state index contributed by atoms with van der Waals surface area (Å²) in [6, 6.07) is 0. The van der Waals surface area contributed by atoms with Crippen molar-refractivity contribution < 1.29 is 47.7 Å². The molecule has 0 aliphatic carbocycles. The Morgan fingerprint density at radius 3 is 0.508 bits per heavy atom. The molecule has 0 aromatic heterocycles. The van der Waals surface area contributed by atoms with Gasteiger partial charge in [-0.05, 0) is 161 Å². The van der Waals surface area contributed by atoms with Gasteiger partial charge in [-0.3, -0.25) is 33.8 Å². The number of unbranched alkanes of at least 4 members (excludes halogenated alkanes) is 44. The summed E-state index contributed by atoms with van der Waals surface area (Å²) in [5.74, 6) is 0.187. The molecule has 1 aliphatic rings. The van der Waals surface area contributed by atoms with Gasteiger partial charge in [0.15, 0.2) is 0 Å². The topological polar surface area (TPSA) is 148 Å². The van der Waals surface area contributed by atoms with Crippen molar-refractivity contribution in [3.05, 3.63) is 0 Å². The molecule has 0 aromatic carbocycles. The molecule has 0 amide bonds. The molecule has 0 bridgehead atoms. The minimum absolute atomic E-state index is 0.00523. The van der Waals surface area contributed by atoms with Crippen LogP contribution in [0.5, 0.6) is 0 Å². The van der Waals surface area contributed by atoms with Crippen molar-refractivity contribution in [2.75, 3.05) is 131 Å². The second-order valence-corrected chi connectivity index (χ2v) is 38.7. The Balaban J connectivity index is 3.49. The molecule has 1 heterocycles. The molecular weight excluding hydrogens is 1540 g/mol. The van der Waals surface area contributed by atoms with Crippen LogP contribution in [0.3, 0.4) is 0 Å². The normalized spacial score (nSPS) is 14.1. The number of nitrogens with zero attached hydrogens (tertiary/aromatic N) is 5. The highest BCUT2D eigenvalue weighted by Crippen LogP contribution is 2.28. The van der Waals surface area contributed by atoms with Gasteiger partial charge in [0.2, 0.25) is 0 Å². The Bertz CT molecular complexity index is 2240. The molecule has 1 aliphatic heterocycles. The highest BCUT2D eigenvalue weighted by atomic mass is 16.5. The van der Waals surface area contributed by atoms with Crippen molar-refractivity contribution >= 4 is 29.8 Å². The fourth-order valence-electron chi connectivity index (χ4n) is 18.4. The molecule has 124 heavy (non-hydrogen) atoms. The van der Waals surface area contributed by atoms with E-state index >= 15 is 0 Å². The van der Waals surface area contributed by atoms with E-state index in [2.05, 4.69) is 93.7 Å². The lowest BCUT2D eigenvalue weighted by atomic mass is 9.94. The maximum absolute atomic E-state index is 13.9. The van der Waals surface area contributed by atoms with Crippen molar-refractivity contribution in [1.82, 2.24) is 24.5 Å². The van der Waals surface area contributed by atoms with Crippen LogP contribution in [-0.4, -0.2) is 186 Å². The van der Waals surface area contributed by atoms with Gasteiger partial charge in [-0.1, -0.05) is 384 Å². The number of hydrogen-bond acceptors (Lipinski definition) is 15. The Hall–Kier alpha value is -2.85. The van der Waals surface area contributed by atoms with Crippen LogP contribution < -0.4 is 0 Å². The second-order valence-electron chi connectivity index (χ2n) is 38.7. The third-order valence-corrected chi connectivity index (χ3v) is 27.2. The number of carbonyl (C=O) groups is 5. The average molecular weight is 1750 g/mol. The molecule has 0 N–H and O–H groups in total. The third-order valence-electron chi connectivity index (χ3n) is 27.2. The molecule has 5 unspecified atom stereocenters. The van der Waals surface area contributed by atoms with Gasteiger partial charge in [-0.2, -0.15) is 0 Å². The molecule has 15 heteroatoms. The molecule has 0 saturated carbocycles. The average Bonchev–Trinajstić information content (AvgIpc) is 0.841. The summed E-state index contributed by atoms with van der Waals surface area (Å²) in [5, 5.41) is 0. The van der Waals surface area contributed by atoms with Gasteiger partial charge >= 0.3 is 29.8 Å². The Morgan fingerprint density at radius 2 is 0.331 bits per heavy atom. The fraction of sp³-hybridized carbons (Fsp3) is 0.954. The Kier molecular flexibility index (Phi) is 88.4. The highest BCUT2D eigenvalue weighted by Gasteiger charge is 2.27. The zero-order valence-corrected chi connectivity index (χ0v) is 84.6. The first kappa shape index (κ1) is 119. The lowest BCUT2D eigenvalue weighted by Gasteiger charge is -2.37. The first-order valence-electron chi connectivity index (χ1n) is 55.3. The molecule has 0 spiro atoms. The third kappa shape index (κ3) is 72.8. The van der Waals surface area contributed by atoms with E-state index in [0.29, 0.717) is 33.0 Å². The van der Waals surface area contributed by atoms with E-state index in [4.69, 9.17) is 23.7 Å². The fourth-order valence-corrected chi connectivity index (χ4v) is 18.4. The van der Waals surface area contributed by atoms with E-state index in [1.54, 1.807) is 0 Å². The van der Waals surface area contributed by atoms with Gasteiger partial charge in [0.25, 0.3) is 0 Å². The van der Waals surface area contributed by atoms with Crippen LogP contribution in [0.4, 0.5) is 0 Å². The predicted octanol–water partition coefficient (Wildman–Crippen LogP) is 29.4. The van der Waals surface area contributed by atoms with E-state index in [9.17, 15) is 24.0 Å². The smallest absolute Gasteiger partial charge is 0.308 e. The highest BCUT2D eigenvalue weighted by molar-refractivity contribution is 5.74. The SMILES string of the molecule is CCCCCCCCC(CCCCCC)C(=O)OCCCCN(CCCCOC(=O)C(CCCCCC)CCCCCCCC)CCN(CCCCOC(=O)C(CCCCCC)CCCCCCCC)CCN1CCN(CCN(CCCCOC(=O)C(CCCCCC)CCCCCCC)CCCCOC(=O)C(CCCCCC)CCCCCCCC)CC1. The van der Waals surface area contributed by atoms with Crippen molar-refractivity contribution in [3.63, 3.8) is 0 Å². The Morgan fingerprint density at radius 1 is 0.185 bits per heavy atom. The zero-order chi connectivity index (χ0) is 90.1. The van der Waals surface area contributed by atoms with Gasteiger partial charge in [0.1, 0.15) is 0 Å². The summed E-state index contributed by atoms with van der Waals surface area (Å²) < 4.78 is 30.8. The molecule has 734 valence electrons. The summed E-state index contributed by atoms with van der Waals surface area (Å²) in [7, 11) is 0. The summed E-state index contributed by atoms with van der Waals surface area (Å²) in [4.78, 5) is 82.3. The van der Waals surface area contributed by atoms with Gasteiger partial charge in [0, 0.05) is 65.4 Å².